The topological polar surface area (TPSA) is 12.0 Å². The first-order valence-corrected chi connectivity index (χ1v) is 7.07. The maximum atomic E-state index is 13.8. The van der Waals surface area contributed by atoms with Crippen LogP contribution >= 0.6 is 15.9 Å². The molecule has 0 heterocycles. The first-order valence-electron chi connectivity index (χ1n) is 6.27. The molecule has 0 spiro atoms. The van der Waals surface area contributed by atoms with E-state index in [0.717, 1.165) is 12.8 Å². The van der Waals surface area contributed by atoms with Gasteiger partial charge in [0, 0.05) is 18.2 Å². The van der Waals surface area contributed by atoms with Crippen LogP contribution in [0.3, 0.4) is 0 Å². The van der Waals surface area contributed by atoms with E-state index >= 15 is 0 Å². The van der Waals surface area contributed by atoms with Crippen LogP contribution in [0.5, 0.6) is 0 Å². The smallest absolute Gasteiger partial charge is 0.144 e. The van der Waals surface area contributed by atoms with Crippen molar-refractivity contribution in [2.75, 3.05) is 0 Å². The average Bonchev–Trinajstić information content (AvgIpc) is 2.64. The molecular formula is C14H18BrF2N. The molecule has 1 aliphatic carbocycles. The molecule has 1 unspecified atom stereocenters. The molecule has 4 heteroatoms. The van der Waals surface area contributed by atoms with Crippen molar-refractivity contribution in [3.8, 4) is 0 Å². The van der Waals surface area contributed by atoms with Gasteiger partial charge in [0.25, 0.3) is 0 Å². The average molecular weight is 318 g/mol. The molecule has 1 nitrogen and oxygen atoms in total. The van der Waals surface area contributed by atoms with Crippen molar-refractivity contribution < 1.29 is 8.78 Å². The van der Waals surface area contributed by atoms with Crippen LogP contribution in [0, 0.1) is 17.0 Å². The number of hydrogen-bond acceptors (Lipinski definition) is 1. The SMILES string of the molecule is CC1(C)CCCC1NCc1c(F)ccc(Br)c1F. The van der Waals surface area contributed by atoms with Crippen LogP contribution in [0.2, 0.25) is 0 Å². The lowest BCUT2D eigenvalue weighted by atomic mass is 9.87. The van der Waals surface area contributed by atoms with Crippen LogP contribution in [-0.2, 0) is 6.54 Å². The normalized spacial score (nSPS) is 22.4. The Morgan fingerprint density at radius 1 is 1.39 bits per heavy atom. The fourth-order valence-electron chi connectivity index (χ4n) is 2.66. The Kier molecular flexibility index (Phi) is 4.07. The Bertz CT molecular complexity index is 446. The van der Waals surface area contributed by atoms with Crippen LogP contribution in [0.1, 0.15) is 38.7 Å². The lowest BCUT2D eigenvalue weighted by Gasteiger charge is -2.28. The summed E-state index contributed by atoms with van der Waals surface area (Å²) in [6.45, 7) is 4.64. The van der Waals surface area contributed by atoms with Crippen molar-refractivity contribution in [3.05, 3.63) is 33.8 Å². The van der Waals surface area contributed by atoms with Crippen LogP contribution in [-0.4, -0.2) is 6.04 Å². The first kappa shape index (κ1) is 13.9. The lowest BCUT2D eigenvalue weighted by molar-refractivity contribution is 0.280. The third-order valence-electron chi connectivity index (χ3n) is 3.92. The Morgan fingerprint density at radius 2 is 2.11 bits per heavy atom. The summed E-state index contributed by atoms with van der Waals surface area (Å²) in [6.07, 6.45) is 3.41. The zero-order valence-electron chi connectivity index (χ0n) is 10.7. The molecule has 1 aromatic rings. The molecule has 0 aromatic heterocycles. The summed E-state index contributed by atoms with van der Waals surface area (Å²) in [5.74, 6) is -0.989. The van der Waals surface area contributed by atoms with Gasteiger partial charge in [-0.1, -0.05) is 20.3 Å². The van der Waals surface area contributed by atoms with E-state index in [1.807, 2.05) is 0 Å². The van der Waals surface area contributed by atoms with E-state index in [4.69, 9.17) is 0 Å². The van der Waals surface area contributed by atoms with E-state index < -0.39 is 11.6 Å². The van der Waals surface area contributed by atoms with E-state index in [-0.39, 0.29) is 17.5 Å². The van der Waals surface area contributed by atoms with Crippen molar-refractivity contribution in [3.63, 3.8) is 0 Å². The minimum Gasteiger partial charge on any atom is -0.309 e. The Hall–Kier alpha value is -0.480. The molecule has 2 rings (SSSR count). The predicted molar refractivity (Wildman–Crippen MR) is 72.3 cm³/mol. The second-order valence-corrected chi connectivity index (χ2v) is 6.49. The quantitative estimate of drug-likeness (QED) is 0.815. The molecule has 1 atom stereocenters. The highest BCUT2D eigenvalue weighted by Gasteiger charge is 2.34. The van der Waals surface area contributed by atoms with Crippen molar-refractivity contribution in [2.45, 2.75) is 45.7 Å². The van der Waals surface area contributed by atoms with Crippen molar-refractivity contribution in [2.24, 2.45) is 5.41 Å². The van der Waals surface area contributed by atoms with E-state index in [1.165, 1.54) is 18.6 Å². The summed E-state index contributed by atoms with van der Waals surface area (Å²) in [5.41, 5.74) is 0.325. The Balaban J connectivity index is 2.09. The van der Waals surface area contributed by atoms with Gasteiger partial charge in [-0.05, 0) is 46.3 Å². The summed E-state index contributed by atoms with van der Waals surface area (Å²) in [5, 5.41) is 3.30. The Morgan fingerprint density at radius 3 is 2.72 bits per heavy atom. The summed E-state index contributed by atoms with van der Waals surface area (Å²) < 4.78 is 27.7. The standard InChI is InChI=1S/C14H18BrF2N/c1-14(2)7-3-4-12(14)18-8-9-11(16)6-5-10(15)13(9)17/h5-6,12,18H,3-4,7-8H2,1-2H3. The molecule has 0 radical (unpaired) electrons. The fraction of sp³-hybridized carbons (Fsp3) is 0.571. The summed E-state index contributed by atoms with van der Waals surface area (Å²) >= 11 is 3.09. The number of halogens is 3. The van der Waals surface area contributed by atoms with Crippen molar-refractivity contribution >= 4 is 15.9 Å². The number of hydrogen-bond donors (Lipinski definition) is 1. The summed E-state index contributed by atoms with van der Waals surface area (Å²) in [7, 11) is 0. The molecule has 1 saturated carbocycles. The fourth-order valence-corrected chi connectivity index (χ4v) is 3.03. The highest BCUT2D eigenvalue weighted by atomic mass is 79.9. The zero-order valence-corrected chi connectivity index (χ0v) is 12.3. The molecule has 0 aliphatic heterocycles. The van der Waals surface area contributed by atoms with E-state index in [1.54, 1.807) is 0 Å². The predicted octanol–water partition coefficient (Wildman–Crippen LogP) is 4.40. The van der Waals surface area contributed by atoms with Gasteiger partial charge in [-0.3, -0.25) is 0 Å². The van der Waals surface area contributed by atoms with Crippen LogP contribution in [0.25, 0.3) is 0 Å². The van der Waals surface area contributed by atoms with E-state index in [0.29, 0.717) is 10.5 Å². The minimum absolute atomic E-state index is 0.118. The zero-order chi connectivity index (χ0) is 13.3. The summed E-state index contributed by atoms with van der Waals surface area (Å²) in [6, 6.07) is 3.02. The van der Waals surface area contributed by atoms with Crippen LogP contribution in [0.4, 0.5) is 8.78 Å². The van der Waals surface area contributed by atoms with Gasteiger partial charge in [-0.15, -0.1) is 0 Å². The molecule has 0 saturated heterocycles. The van der Waals surface area contributed by atoms with Crippen LogP contribution in [0.15, 0.2) is 16.6 Å². The van der Waals surface area contributed by atoms with E-state index in [2.05, 4.69) is 35.1 Å². The molecule has 1 N–H and O–H groups in total. The monoisotopic (exact) mass is 317 g/mol. The minimum atomic E-state index is -0.502. The van der Waals surface area contributed by atoms with Gasteiger partial charge in [0.05, 0.1) is 4.47 Å². The largest absolute Gasteiger partial charge is 0.309 e. The highest BCUT2D eigenvalue weighted by Crippen LogP contribution is 2.37. The molecule has 1 aliphatic rings. The third kappa shape index (κ3) is 2.75. The Labute approximate surface area is 115 Å². The second-order valence-electron chi connectivity index (χ2n) is 5.64. The van der Waals surface area contributed by atoms with Gasteiger partial charge in [0.1, 0.15) is 11.6 Å². The molecule has 0 amide bonds. The highest BCUT2D eigenvalue weighted by molar-refractivity contribution is 9.10. The number of rotatable bonds is 3. The first-order chi connectivity index (χ1) is 8.42. The number of nitrogens with one attached hydrogen (secondary N) is 1. The van der Waals surface area contributed by atoms with Gasteiger partial charge >= 0.3 is 0 Å². The summed E-state index contributed by atoms with van der Waals surface area (Å²) in [4.78, 5) is 0. The van der Waals surface area contributed by atoms with Crippen LogP contribution < -0.4 is 5.32 Å². The van der Waals surface area contributed by atoms with Crippen molar-refractivity contribution in [1.29, 1.82) is 0 Å². The molecule has 18 heavy (non-hydrogen) atoms. The van der Waals surface area contributed by atoms with E-state index in [9.17, 15) is 8.78 Å². The molecule has 0 bridgehead atoms. The van der Waals surface area contributed by atoms with Crippen molar-refractivity contribution in [1.82, 2.24) is 5.32 Å². The molecule has 1 fully saturated rings. The number of benzene rings is 1. The maximum absolute atomic E-state index is 13.8. The maximum Gasteiger partial charge on any atom is 0.144 e. The second kappa shape index (κ2) is 5.25. The lowest BCUT2D eigenvalue weighted by Crippen LogP contribution is -2.37. The molecule has 1 aromatic carbocycles. The van der Waals surface area contributed by atoms with Gasteiger partial charge in [-0.25, -0.2) is 8.78 Å². The van der Waals surface area contributed by atoms with Gasteiger partial charge in [0.15, 0.2) is 0 Å². The third-order valence-corrected chi connectivity index (χ3v) is 4.53. The van der Waals surface area contributed by atoms with Gasteiger partial charge in [-0.2, -0.15) is 0 Å². The van der Waals surface area contributed by atoms with Gasteiger partial charge in [0.2, 0.25) is 0 Å². The molecule has 100 valence electrons. The van der Waals surface area contributed by atoms with Gasteiger partial charge < -0.3 is 5.32 Å². The molecular weight excluding hydrogens is 300 g/mol.